The van der Waals surface area contributed by atoms with Crippen LogP contribution in [0.15, 0.2) is 46.4 Å². The van der Waals surface area contributed by atoms with E-state index in [2.05, 4.69) is 26.2 Å². The number of hydrogen-bond donors (Lipinski definition) is 1. The summed E-state index contributed by atoms with van der Waals surface area (Å²) in [7, 11) is 0. The molecule has 0 fully saturated rings. The van der Waals surface area contributed by atoms with Crippen LogP contribution in [0.25, 0.3) is 10.2 Å². The molecular formula is C13H8BrFN2S. The second kappa shape index (κ2) is 4.66. The van der Waals surface area contributed by atoms with Gasteiger partial charge in [-0.3, -0.25) is 0 Å². The van der Waals surface area contributed by atoms with Crippen molar-refractivity contribution in [3.63, 3.8) is 0 Å². The van der Waals surface area contributed by atoms with Crippen molar-refractivity contribution in [3.8, 4) is 0 Å². The Morgan fingerprint density at radius 3 is 2.72 bits per heavy atom. The minimum Gasteiger partial charge on any atom is -0.355 e. The zero-order chi connectivity index (χ0) is 12.5. The van der Waals surface area contributed by atoms with Crippen LogP contribution in [0, 0.1) is 5.82 Å². The zero-order valence-electron chi connectivity index (χ0n) is 9.15. The number of benzene rings is 2. The summed E-state index contributed by atoms with van der Waals surface area (Å²) in [5, 5.41) is 3.23. The molecule has 0 saturated heterocycles. The molecule has 1 heterocycles. The Kier molecular flexibility index (Phi) is 3.01. The van der Waals surface area contributed by atoms with Crippen LogP contribution in [0.3, 0.4) is 0 Å². The number of nitrogens with one attached hydrogen (secondary N) is 1. The summed E-state index contributed by atoms with van der Waals surface area (Å²) in [6.45, 7) is 0. The van der Waals surface area contributed by atoms with Crippen molar-refractivity contribution in [2.75, 3.05) is 5.32 Å². The van der Waals surface area contributed by atoms with E-state index in [-0.39, 0.29) is 5.82 Å². The minimum atomic E-state index is -0.241. The van der Waals surface area contributed by atoms with Crippen molar-refractivity contribution in [3.05, 3.63) is 52.2 Å². The lowest BCUT2D eigenvalue weighted by Crippen LogP contribution is -1.91. The summed E-state index contributed by atoms with van der Waals surface area (Å²) >= 11 is 5.12. The van der Waals surface area contributed by atoms with Gasteiger partial charge in [0.05, 0.1) is 21.4 Å². The van der Waals surface area contributed by atoms with E-state index >= 15 is 0 Å². The molecule has 3 aromatic rings. The predicted molar refractivity (Wildman–Crippen MR) is 77.0 cm³/mol. The Morgan fingerprint density at radius 1 is 1.17 bits per heavy atom. The van der Waals surface area contributed by atoms with E-state index in [9.17, 15) is 4.39 Å². The first-order valence-electron chi connectivity index (χ1n) is 5.28. The Hall–Kier alpha value is -1.46. The molecule has 2 nitrogen and oxygen atoms in total. The molecule has 90 valence electrons. The summed E-state index contributed by atoms with van der Waals surface area (Å²) < 4.78 is 14.9. The fourth-order valence-electron chi connectivity index (χ4n) is 1.66. The lowest BCUT2D eigenvalue weighted by atomic mass is 10.2. The van der Waals surface area contributed by atoms with E-state index in [1.165, 1.54) is 12.1 Å². The number of nitrogens with zero attached hydrogens (tertiary/aromatic N) is 1. The average molecular weight is 323 g/mol. The van der Waals surface area contributed by atoms with E-state index in [1.54, 1.807) is 23.5 Å². The van der Waals surface area contributed by atoms with Gasteiger partial charge in [-0.15, -0.1) is 11.3 Å². The predicted octanol–water partition coefficient (Wildman–Crippen LogP) is 4.94. The highest BCUT2D eigenvalue weighted by molar-refractivity contribution is 9.10. The average Bonchev–Trinajstić information content (AvgIpc) is 2.79. The Morgan fingerprint density at radius 2 is 1.94 bits per heavy atom. The SMILES string of the molecule is Fc1ccc(Nc2cc3ncsc3cc2Br)cc1. The van der Waals surface area contributed by atoms with Gasteiger partial charge >= 0.3 is 0 Å². The van der Waals surface area contributed by atoms with Gasteiger partial charge in [-0.05, 0) is 52.3 Å². The molecule has 0 aliphatic rings. The van der Waals surface area contributed by atoms with E-state index in [0.29, 0.717) is 0 Å². The van der Waals surface area contributed by atoms with E-state index in [1.807, 2.05) is 17.6 Å². The number of rotatable bonds is 2. The fourth-order valence-corrected chi connectivity index (χ4v) is 2.96. The standard InChI is InChI=1S/C13H8BrFN2S/c14-10-5-13-12(16-7-18-13)6-11(10)17-9-3-1-8(15)2-4-9/h1-7,17H. The monoisotopic (exact) mass is 322 g/mol. The molecule has 0 spiro atoms. The highest BCUT2D eigenvalue weighted by Crippen LogP contribution is 2.31. The number of hydrogen-bond acceptors (Lipinski definition) is 3. The normalized spacial score (nSPS) is 10.8. The van der Waals surface area contributed by atoms with Gasteiger partial charge in [0.1, 0.15) is 5.82 Å². The maximum Gasteiger partial charge on any atom is 0.123 e. The third kappa shape index (κ3) is 2.23. The summed E-state index contributed by atoms with van der Waals surface area (Å²) in [5.74, 6) is -0.241. The Labute approximate surface area is 116 Å². The minimum absolute atomic E-state index is 0.241. The van der Waals surface area contributed by atoms with Gasteiger partial charge in [-0.25, -0.2) is 9.37 Å². The molecule has 0 radical (unpaired) electrons. The van der Waals surface area contributed by atoms with Crippen LogP contribution >= 0.6 is 27.3 Å². The number of fused-ring (bicyclic) bond motifs is 1. The van der Waals surface area contributed by atoms with E-state index in [0.717, 1.165) is 26.1 Å². The lowest BCUT2D eigenvalue weighted by Gasteiger charge is -2.08. The molecular weight excluding hydrogens is 315 g/mol. The van der Waals surface area contributed by atoms with Gasteiger partial charge < -0.3 is 5.32 Å². The molecule has 0 saturated carbocycles. The van der Waals surface area contributed by atoms with Crippen LogP contribution in [-0.2, 0) is 0 Å². The molecule has 0 unspecified atom stereocenters. The van der Waals surface area contributed by atoms with Crippen molar-refractivity contribution in [2.24, 2.45) is 0 Å². The topological polar surface area (TPSA) is 24.9 Å². The van der Waals surface area contributed by atoms with Crippen LogP contribution in [0.4, 0.5) is 15.8 Å². The first kappa shape index (κ1) is 11.6. The molecule has 1 aromatic heterocycles. The number of aromatic nitrogens is 1. The number of thiazole rings is 1. The highest BCUT2D eigenvalue weighted by Gasteiger charge is 2.05. The quantitative estimate of drug-likeness (QED) is 0.722. The Bertz CT molecular complexity index is 694. The number of anilines is 2. The van der Waals surface area contributed by atoms with Gasteiger partial charge in [0.25, 0.3) is 0 Å². The van der Waals surface area contributed by atoms with Crippen LogP contribution in [0.5, 0.6) is 0 Å². The smallest absolute Gasteiger partial charge is 0.123 e. The van der Waals surface area contributed by atoms with Gasteiger partial charge in [0.2, 0.25) is 0 Å². The maximum absolute atomic E-state index is 12.8. The molecule has 18 heavy (non-hydrogen) atoms. The fraction of sp³-hybridized carbons (Fsp3) is 0. The van der Waals surface area contributed by atoms with Crippen LogP contribution < -0.4 is 5.32 Å². The molecule has 0 bridgehead atoms. The number of halogens is 2. The van der Waals surface area contributed by atoms with Gasteiger partial charge in [0, 0.05) is 10.2 Å². The highest BCUT2D eigenvalue weighted by atomic mass is 79.9. The van der Waals surface area contributed by atoms with Gasteiger partial charge in [0.15, 0.2) is 0 Å². The Balaban J connectivity index is 1.98. The van der Waals surface area contributed by atoms with Crippen LogP contribution in [-0.4, -0.2) is 4.98 Å². The lowest BCUT2D eigenvalue weighted by molar-refractivity contribution is 0.628. The summed E-state index contributed by atoms with van der Waals surface area (Å²) in [4.78, 5) is 4.27. The third-order valence-corrected chi connectivity index (χ3v) is 3.99. The molecule has 5 heteroatoms. The van der Waals surface area contributed by atoms with Crippen molar-refractivity contribution in [1.29, 1.82) is 0 Å². The molecule has 0 aliphatic carbocycles. The second-order valence-corrected chi connectivity index (χ2v) is 5.52. The third-order valence-electron chi connectivity index (χ3n) is 2.54. The van der Waals surface area contributed by atoms with E-state index < -0.39 is 0 Å². The van der Waals surface area contributed by atoms with E-state index in [4.69, 9.17) is 0 Å². The first-order chi connectivity index (χ1) is 8.72. The molecule has 3 rings (SSSR count). The maximum atomic E-state index is 12.8. The zero-order valence-corrected chi connectivity index (χ0v) is 11.6. The molecule has 2 aromatic carbocycles. The van der Waals surface area contributed by atoms with Crippen molar-refractivity contribution < 1.29 is 4.39 Å². The molecule has 0 amide bonds. The first-order valence-corrected chi connectivity index (χ1v) is 6.95. The van der Waals surface area contributed by atoms with Gasteiger partial charge in [-0.1, -0.05) is 0 Å². The summed E-state index contributed by atoms with van der Waals surface area (Å²) in [6.07, 6.45) is 0. The summed E-state index contributed by atoms with van der Waals surface area (Å²) in [6, 6.07) is 10.3. The van der Waals surface area contributed by atoms with Crippen LogP contribution in [0.2, 0.25) is 0 Å². The molecule has 0 atom stereocenters. The second-order valence-electron chi connectivity index (χ2n) is 3.78. The summed E-state index contributed by atoms with van der Waals surface area (Å²) in [5.41, 5.74) is 4.53. The molecule has 0 aliphatic heterocycles. The van der Waals surface area contributed by atoms with Crippen molar-refractivity contribution >= 4 is 48.9 Å². The largest absolute Gasteiger partial charge is 0.355 e. The molecule has 1 N–H and O–H groups in total. The van der Waals surface area contributed by atoms with Crippen molar-refractivity contribution in [1.82, 2.24) is 4.98 Å². The van der Waals surface area contributed by atoms with Crippen LogP contribution in [0.1, 0.15) is 0 Å². The van der Waals surface area contributed by atoms with Crippen molar-refractivity contribution in [2.45, 2.75) is 0 Å². The van der Waals surface area contributed by atoms with Gasteiger partial charge in [-0.2, -0.15) is 0 Å².